The van der Waals surface area contributed by atoms with Gasteiger partial charge in [0, 0.05) is 6.08 Å². The average Bonchev–Trinajstić information content (AvgIpc) is 2.75. The van der Waals surface area contributed by atoms with Crippen LogP contribution < -0.4 is 0 Å². The van der Waals surface area contributed by atoms with Crippen LogP contribution in [0.4, 0.5) is 0 Å². The van der Waals surface area contributed by atoms with E-state index in [9.17, 15) is 25.2 Å². The summed E-state index contributed by atoms with van der Waals surface area (Å²) in [6, 6.07) is 0. The van der Waals surface area contributed by atoms with Crippen LogP contribution >= 0.6 is 0 Å². The van der Waals surface area contributed by atoms with Crippen LogP contribution in [0.3, 0.4) is 0 Å². The smallest absolute Gasteiger partial charge is 0.330 e. The van der Waals surface area contributed by atoms with Gasteiger partial charge in [-0.1, -0.05) is 78.2 Å². The molecule has 0 saturated carbocycles. The molecule has 0 aliphatic carbocycles. The molecule has 0 heterocycles. The minimum Gasteiger partial charge on any atom is -0.460 e. The van der Waals surface area contributed by atoms with Crippen LogP contribution in [0.1, 0.15) is 92.4 Å². The topological polar surface area (TPSA) is 127 Å². The lowest BCUT2D eigenvalue weighted by molar-refractivity contribution is -0.151. The van der Waals surface area contributed by atoms with Gasteiger partial charge in [0.05, 0.1) is 6.61 Å². The van der Waals surface area contributed by atoms with Crippen molar-refractivity contribution >= 4 is 5.97 Å². The summed E-state index contributed by atoms with van der Waals surface area (Å²) in [4.78, 5) is 11.9. The van der Waals surface area contributed by atoms with E-state index in [2.05, 4.69) is 27.7 Å². The van der Waals surface area contributed by atoms with Gasteiger partial charge in [-0.2, -0.15) is 0 Å². The van der Waals surface area contributed by atoms with Crippen LogP contribution in [-0.4, -0.2) is 69.1 Å². The van der Waals surface area contributed by atoms with Crippen LogP contribution in [0.5, 0.6) is 0 Å². The Labute approximate surface area is 200 Å². The van der Waals surface area contributed by atoms with Crippen molar-refractivity contribution in [3.8, 4) is 0 Å². The fourth-order valence-corrected chi connectivity index (χ4v) is 3.85. The zero-order valence-corrected chi connectivity index (χ0v) is 21.4. The summed E-state index contributed by atoms with van der Waals surface area (Å²) >= 11 is 0. The molecule has 0 aliphatic heterocycles. The molecular formula is C26H50O7. The quantitative estimate of drug-likeness (QED) is 0.143. The lowest BCUT2D eigenvalue weighted by Gasteiger charge is -2.25. The molecule has 7 heteroatoms. The highest BCUT2D eigenvalue weighted by Crippen LogP contribution is 2.22. The second-order valence-electron chi connectivity index (χ2n) is 10.3. The Morgan fingerprint density at radius 3 is 1.79 bits per heavy atom. The zero-order chi connectivity index (χ0) is 25.4. The van der Waals surface area contributed by atoms with Gasteiger partial charge in [-0.15, -0.1) is 0 Å². The number of hydrogen-bond donors (Lipinski definition) is 5. The zero-order valence-electron chi connectivity index (χ0n) is 21.4. The molecule has 2 unspecified atom stereocenters. The fraction of sp³-hybridized carbons (Fsp3) is 0.885. The van der Waals surface area contributed by atoms with E-state index in [0.29, 0.717) is 5.92 Å². The number of aliphatic hydroxyl groups excluding tert-OH is 5. The first kappa shape index (κ1) is 32.0. The van der Waals surface area contributed by atoms with Crippen molar-refractivity contribution in [1.82, 2.24) is 0 Å². The van der Waals surface area contributed by atoms with Crippen molar-refractivity contribution in [1.29, 1.82) is 0 Å². The summed E-state index contributed by atoms with van der Waals surface area (Å²) in [6.07, 6.45) is 5.40. The highest BCUT2D eigenvalue weighted by molar-refractivity contribution is 5.82. The van der Waals surface area contributed by atoms with E-state index >= 15 is 0 Å². The van der Waals surface area contributed by atoms with Crippen LogP contribution in [0.25, 0.3) is 0 Å². The van der Waals surface area contributed by atoms with E-state index < -0.39 is 43.6 Å². The monoisotopic (exact) mass is 474 g/mol. The average molecular weight is 475 g/mol. The predicted octanol–water partition coefficient (Wildman–Crippen LogP) is 3.35. The molecule has 0 rings (SSSR count). The molecule has 5 N–H and O–H groups in total. The molecule has 196 valence electrons. The molecule has 0 saturated heterocycles. The van der Waals surface area contributed by atoms with Gasteiger partial charge in [0.2, 0.25) is 0 Å². The summed E-state index contributed by atoms with van der Waals surface area (Å²) in [5.74, 6) is 1.62. The number of esters is 1. The van der Waals surface area contributed by atoms with Gasteiger partial charge in [0.1, 0.15) is 31.0 Å². The lowest BCUT2D eigenvalue weighted by Crippen LogP contribution is -2.47. The molecule has 0 bridgehead atoms. The Bertz CT molecular complexity index is 535. The second-order valence-corrected chi connectivity index (χ2v) is 10.3. The predicted molar refractivity (Wildman–Crippen MR) is 131 cm³/mol. The summed E-state index contributed by atoms with van der Waals surface area (Å²) in [7, 11) is 0. The van der Waals surface area contributed by atoms with Crippen molar-refractivity contribution in [2.75, 3.05) is 13.2 Å². The van der Waals surface area contributed by atoms with Gasteiger partial charge < -0.3 is 30.3 Å². The maximum absolute atomic E-state index is 11.9. The Kier molecular flexibility index (Phi) is 17.8. The Morgan fingerprint density at radius 1 is 0.788 bits per heavy atom. The van der Waals surface area contributed by atoms with Gasteiger partial charge in [0.15, 0.2) is 0 Å². The largest absolute Gasteiger partial charge is 0.460 e. The van der Waals surface area contributed by atoms with E-state index in [-0.39, 0.29) is 0 Å². The van der Waals surface area contributed by atoms with Crippen molar-refractivity contribution < 1.29 is 35.1 Å². The van der Waals surface area contributed by atoms with E-state index in [4.69, 9.17) is 9.84 Å². The normalized spacial score (nSPS) is 18.0. The molecule has 0 aromatic rings. The van der Waals surface area contributed by atoms with Crippen molar-refractivity contribution in [3.05, 3.63) is 11.6 Å². The minimum atomic E-state index is -1.74. The summed E-state index contributed by atoms with van der Waals surface area (Å²) < 4.78 is 4.92. The number of carbonyl (C=O) groups excluding carboxylic acids is 1. The van der Waals surface area contributed by atoms with Gasteiger partial charge >= 0.3 is 5.97 Å². The number of rotatable bonds is 19. The molecular weight excluding hydrogens is 424 g/mol. The number of carbonyl (C=O) groups is 1. The molecule has 0 aromatic heterocycles. The molecule has 0 aliphatic rings. The molecule has 0 spiro atoms. The Hall–Kier alpha value is -0.990. The van der Waals surface area contributed by atoms with Crippen LogP contribution in [0.15, 0.2) is 11.6 Å². The van der Waals surface area contributed by atoms with Crippen LogP contribution in [-0.2, 0) is 9.53 Å². The van der Waals surface area contributed by atoms with Crippen LogP contribution in [0.2, 0.25) is 0 Å². The van der Waals surface area contributed by atoms with Gasteiger partial charge in [-0.25, -0.2) is 4.79 Å². The third-order valence-electron chi connectivity index (χ3n) is 6.23. The van der Waals surface area contributed by atoms with Gasteiger partial charge in [0.25, 0.3) is 0 Å². The van der Waals surface area contributed by atoms with E-state index in [1.807, 2.05) is 6.92 Å². The van der Waals surface area contributed by atoms with Crippen molar-refractivity contribution in [3.63, 3.8) is 0 Å². The Morgan fingerprint density at radius 2 is 1.27 bits per heavy atom. The number of aliphatic hydroxyl groups is 5. The SMILES string of the molecule is C/C(=C\C(=O)OC[C@@H](O)[C@@H](O)[C@H](O)[C@H](O)CO)CCCC(C)CCCC(C)CCCC(C)C. The summed E-state index contributed by atoms with van der Waals surface area (Å²) in [5.41, 5.74) is 0.886. The fourth-order valence-electron chi connectivity index (χ4n) is 3.85. The first-order valence-electron chi connectivity index (χ1n) is 12.6. The van der Waals surface area contributed by atoms with Crippen molar-refractivity contribution in [2.24, 2.45) is 17.8 Å². The van der Waals surface area contributed by atoms with Crippen molar-refractivity contribution in [2.45, 2.75) is 117 Å². The number of allylic oxidation sites excluding steroid dienone is 1. The second kappa shape index (κ2) is 18.4. The highest BCUT2D eigenvalue weighted by Gasteiger charge is 2.30. The van der Waals surface area contributed by atoms with E-state index in [0.717, 1.165) is 36.7 Å². The van der Waals surface area contributed by atoms with E-state index in [1.165, 1.54) is 44.6 Å². The maximum atomic E-state index is 11.9. The molecule has 7 nitrogen and oxygen atoms in total. The third-order valence-corrected chi connectivity index (χ3v) is 6.23. The molecule has 6 atom stereocenters. The van der Waals surface area contributed by atoms with Crippen LogP contribution in [0, 0.1) is 17.8 Å². The highest BCUT2D eigenvalue weighted by atomic mass is 16.5. The molecule has 0 amide bonds. The summed E-state index contributed by atoms with van der Waals surface area (Å²) in [6.45, 7) is 9.78. The maximum Gasteiger partial charge on any atom is 0.330 e. The molecule has 0 fully saturated rings. The number of ether oxygens (including phenoxy) is 1. The number of hydrogen-bond acceptors (Lipinski definition) is 7. The first-order chi connectivity index (χ1) is 15.5. The van der Waals surface area contributed by atoms with Gasteiger partial charge in [-0.05, 0) is 37.5 Å². The lowest BCUT2D eigenvalue weighted by atomic mass is 9.91. The summed E-state index contributed by atoms with van der Waals surface area (Å²) in [5, 5.41) is 47.1. The molecule has 0 aromatic carbocycles. The van der Waals surface area contributed by atoms with Gasteiger partial charge in [-0.3, -0.25) is 0 Å². The van der Waals surface area contributed by atoms with E-state index in [1.54, 1.807) is 0 Å². The minimum absolute atomic E-state index is 0.522. The third kappa shape index (κ3) is 16.3. The molecule has 0 radical (unpaired) electrons. The Balaban J connectivity index is 4.05. The first-order valence-corrected chi connectivity index (χ1v) is 12.6. The standard InChI is InChI=1S/C26H50O7/c1-18(2)9-6-10-19(3)11-7-12-20(4)13-8-14-21(5)15-24(30)33-17-23(29)26(32)25(31)22(28)16-27/h15,18-20,22-23,25-29,31-32H,6-14,16-17H2,1-5H3/b21-15+/t19?,20?,22-,23-,25-,26-/m1/s1. The molecule has 33 heavy (non-hydrogen) atoms.